The summed E-state index contributed by atoms with van der Waals surface area (Å²) in [5.41, 5.74) is 1.69. The third-order valence-electron chi connectivity index (χ3n) is 2.48. The number of aromatic hydroxyl groups is 1. The summed E-state index contributed by atoms with van der Waals surface area (Å²) in [5.74, 6) is 0.115. The molecule has 0 saturated carbocycles. The van der Waals surface area contributed by atoms with Crippen molar-refractivity contribution in [2.24, 2.45) is 0 Å². The van der Waals surface area contributed by atoms with Gasteiger partial charge < -0.3 is 5.11 Å². The Kier molecular flexibility index (Phi) is 2.19. The summed E-state index contributed by atoms with van der Waals surface area (Å²) < 4.78 is 0. The van der Waals surface area contributed by atoms with E-state index < -0.39 is 0 Å². The van der Waals surface area contributed by atoms with E-state index in [2.05, 4.69) is 15.0 Å². The lowest BCUT2D eigenvalue weighted by atomic mass is 10.2. The Labute approximate surface area is 97.6 Å². The van der Waals surface area contributed by atoms with E-state index in [-0.39, 0.29) is 5.75 Å². The van der Waals surface area contributed by atoms with E-state index in [1.165, 1.54) is 0 Å². The van der Waals surface area contributed by atoms with Gasteiger partial charge in [-0.1, -0.05) is 6.07 Å². The van der Waals surface area contributed by atoms with Crippen molar-refractivity contribution in [2.45, 2.75) is 0 Å². The molecule has 0 saturated heterocycles. The third kappa shape index (κ3) is 1.69. The average molecular weight is 223 g/mol. The second-order valence-electron chi connectivity index (χ2n) is 3.62. The van der Waals surface area contributed by atoms with Gasteiger partial charge in [0, 0.05) is 17.8 Å². The van der Waals surface area contributed by atoms with Crippen molar-refractivity contribution in [3.63, 3.8) is 0 Å². The summed E-state index contributed by atoms with van der Waals surface area (Å²) in [7, 11) is 0. The van der Waals surface area contributed by atoms with Crippen molar-refractivity contribution in [3.05, 3.63) is 48.8 Å². The van der Waals surface area contributed by atoms with E-state index in [1.54, 1.807) is 24.5 Å². The van der Waals surface area contributed by atoms with Gasteiger partial charge in [0.25, 0.3) is 0 Å². The smallest absolute Gasteiger partial charge is 0.160 e. The van der Waals surface area contributed by atoms with Crippen molar-refractivity contribution in [1.82, 2.24) is 15.0 Å². The highest BCUT2D eigenvalue weighted by atomic mass is 16.3. The average Bonchev–Trinajstić information content (AvgIpc) is 2.39. The summed E-state index contributed by atoms with van der Waals surface area (Å²) in [6.45, 7) is 0. The van der Waals surface area contributed by atoms with Gasteiger partial charge in [0.05, 0.1) is 5.69 Å². The van der Waals surface area contributed by atoms with Gasteiger partial charge in [0.1, 0.15) is 11.4 Å². The van der Waals surface area contributed by atoms with Gasteiger partial charge in [-0.05, 0) is 30.3 Å². The molecule has 82 valence electrons. The first kappa shape index (κ1) is 9.72. The van der Waals surface area contributed by atoms with Crippen LogP contribution in [0, 0.1) is 0 Å². The highest BCUT2D eigenvalue weighted by Gasteiger charge is 2.09. The number of rotatable bonds is 1. The summed E-state index contributed by atoms with van der Waals surface area (Å²) in [4.78, 5) is 12.6. The molecule has 0 atom stereocenters. The minimum atomic E-state index is 0.115. The summed E-state index contributed by atoms with van der Waals surface area (Å²) in [5, 5.41) is 10.7. The molecule has 3 heterocycles. The Morgan fingerprint density at radius 2 is 1.82 bits per heavy atom. The van der Waals surface area contributed by atoms with Gasteiger partial charge in [0.15, 0.2) is 5.65 Å². The fraction of sp³-hybridized carbons (Fsp3) is 0. The van der Waals surface area contributed by atoms with Crippen molar-refractivity contribution < 1.29 is 5.11 Å². The first-order chi connectivity index (χ1) is 8.34. The van der Waals surface area contributed by atoms with Crippen LogP contribution in [0.25, 0.3) is 22.4 Å². The van der Waals surface area contributed by atoms with Gasteiger partial charge in [0.2, 0.25) is 0 Å². The fourth-order valence-electron chi connectivity index (χ4n) is 1.69. The molecule has 1 N–H and O–H groups in total. The fourth-order valence-corrected chi connectivity index (χ4v) is 1.69. The van der Waals surface area contributed by atoms with Gasteiger partial charge in [-0.25, -0.2) is 9.97 Å². The second-order valence-corrected chi connectivity index (χ2v) is 3.62. The predicted octanol–water partition coefficient (Wildman–Crippen LogP) is 2.40. The normalized spacial score (nSPS) is 10.6. The molecule has 4 nitrogen and oxygen atoms in total. The number of aromatic nitrogens is 3. The van der Waals surface area contributed by atoms with Crippen LogP contribution in [0.2, 0.25) is 0 Å². The lowest BCUT2D eigenvalue weighted by molar-refractivity contribution is 0.476. The number of nitrogens with zero attached hydrogens (tertiary/aromatic N) is 3. The van der Waals surface area contributed by atoms with Crippen molar-refractivity contribution in [3.8, 4) is 17.1 Å². The molecule has 4 heteroatoms. The highest BCUT2D eigenvalue weighted by Crippen LogP contribution is 2.27. The Balaban J connectivity index is 2.27. The minimum absolute atomic E-state index is 0.115. The molecule has 0 fully saturated rings. The molecular formula is C13H9N3O. The molecule has 0 bridgehead atoms. The molecule has 0 aromatic carbocycles. The molecule has 0 aliphatic heterocycles. The quantitative estimate of drug-likeness (QED) is 0.688. The van der Waals surface area contributed by atoms with Gasteiger partial charge in [-0.15, -0.1) is 0 Å². The third-order valence-corrected chi connectivity index (χ3v) is 2.48. The largest absolute Gasteiger partial charge is 0.506 e. The number of fused-ring (bicyclic) bond motifs is 1. The van der Waals surface area contributed by atoms with Crippen LogP contribution in [0.1, 0.15) is 0 Å². The van der Waals surface area contributed by atoms with Gasteiger partial charge >= 0.3 is 0 Å². The molecular weight excluding hydrogens is 214 g/mol. The first-order valence-electron chi connectivity index (χ1n) is 5.21. The molecule has 0 radical (unpaired) electrons. The SMILES string of the molecule is Oc1cc2cccnc2nc1-c1ccccn1. The van der Waals surface area contributed by atoms with E-state index in [0.29, 0.717) is 17.0 Å². The zero-order valence-corrected chi connectivity index (χ0v) is 8.91. The first-order valence-corrected chi connectivity index (χ1v) is 5.21. The lowest BCUT2D eigenvalue weighted by Gasteiger charge is -2.04. The highest BCUT2D eigenvalue weighted by molar-refractivity contribution is 5.81. The zero-order chi connectivity index (χ0) is 11.7. The molecule has 3 aromatic rings. The van der Waals surface area contributed by atoms with Gasteiger partial charge in [-0.3, -0.25) is 4.98 Å². The Morgan fingerprint density at radius 3 is 2.65 bits per heavy atom. The minimum Gasteiger partial charge on any atom is -0.506 e. The number of hydrogen-bond donors (Lipinski definition) is 1. The monoisotopic (exact) mass is 223 g/mol. The van der Waals surface area contributed by atoms with Crippen LogP contribution in [-0.4, -0.2) is 20.1 Å². The molecule has 3 rings (SSSR count). The Bertz CT molecular complexity index is 668. The maximum atomic E-state index is 9.93. The molecule has 17 heavy (non-hydrogen) atoms. The standard InChI is InChI=1S/C13H9N3O/c17-11-8-9-4-3-7-15-13(9)16-12(11)10-5-1-2-6-14-10/h1-8,17H. The Morgan fingerprint density at radius 1 is 0.941 bits per heavy atom. The zero-order valence-electron chi connectivity index (χ0n) is 8.91. The van der Waals surface area contributed by atoms with Crippen LogP contribution in [0.5, 0.6) is 5.75 Å². The summed E-state index contributed by atoms with van der Waals surface area (Å²) in [6, 6.07) is 10.8. The van der Waals surface area contributed by atoms with Crippen LogP contribution in [0.15, 0.2) is 48.8 Å². The summed E-state index contributed by atoms with van der Waals surface area (Å²) >= 11 is 0. The van der Waals surface area contributed by atoms with Crippen molar-refractivity contribution >= 4 is 11.0 Å². The summed E-state index contributed by atoms with van der Waals surface area (Å²) in [6.07, 6.45) is 3.34. The van der Waals surface area contributed by atoms with E-state index in [1.807, 2.05) is 24.3 Å². The van der Waals surface area contributed by atoms with E-state index >= 15 is 0 Å². The van der Waals surface area contributed by atoms with Crippen LogP contribution >= 0.6 is 0 Å². The maximum Gasteiger partial charge on any atom is 0.160 e. The van der Waals surface area contributed by atoms with E-state index in [9.17, 15) is 5.11 Å². The second kappa shape index (κ2) is 3.83. The molecule has 0 aliphatic rings. The van der Waals surface area contributed by atoms with Crippen LogP contribution < -0.4 is 0 Å². The molecule has 0 aliphatic carbocycles. The van der Waals surface area contributed by atoms with Gasteiger partial charge in [-0.2, -0.15) is 0 Å². The predicted molar refractivity (Wildman–Crippen MR) is 64.4 cm³/mol. The molecule has 3 aromatic heterocycles. The maximum absolute atomic E-state index is 9.93. The van der Waals surface area contributed by atoms with Crippen LogP contribution in [0.3, 0.4) is 0 Å². The van der Waals surface area contributed by atoms with Crippen molar-refractivity contribution in [1.29, 1.82) is 0 Å². The number of hydrogen-bond acceptors (Lipinski definition) is 4. The lowest BCUT2D eigenvalue weighted by Crippen LogP contribution is -1.90. The van der Waals surface area contributed by atoms with E-state index in [0.717, 1.165) is 5.39 Å². The van der Waals surface area contributed by atoms with Crippen LogP contribution in [0.4, 0.5) is 0 Å². The van der Waals surface area contributed by atoms with Crippen molar-refractivity contribution in [2.75, 3.05) is 0 Å². The van der Waals surface area contributed by atoms with E-state index in [4.69, 9.17) is 0 Å². The number of pyridine rings is 3. The Hall–Kier alpha value is -2.49. The van der Waals surface area contributed by atoms with Crippen LogP contribution in [-0.2, 0) is 0 Å². The molecule has 0 unspecified atom stereocenters. The topological polar surface area (TPSA) is 58.9 Å². The molecule has 0 spiro atoms. The molecule has 0 amide bonds.